The smallest absolute Gasteiger partial charge is 0.287 e. The van der Waals surface area contributed by atoms with Gasteiger partial charge in [-0.15, -0.1) is 0 Å². The molecular formula is C36H33ClF8IN7OS. The van der Waals surface area contributed by atoms with Crippen LogP contribution in [0.4, 0.5) is 40.9 Å². The van der Waals surface area contributed by atoms with Gasteiger partial charge in [-0.05, 0) is 104 Å². The van der Waals surface area contributed by atoms with E-state index in [0.29, 0.717) is 31.8 Å². The Bertz CT molecular complexity index is 2180. The number of fused-ring (bicyclic) bond motifs is 1. The highest BCUT2D eigenvalue weighted by atomic mass is 127. The average molecular weight is 926 g/mol. The summed E-state index contributed by atoms with van der Waals surface area (Å²) >= 11 is 10.1. The van der Waals surface area contributed by atoms with Gasteiger partial charge in [0.1, 0.15) is 23.9 Å². The fourth-order valence-corrected chi connectivity index (χ4v) is 7.81. The van der Waals surface area contributed by atoms with Crippen molar-refractivity contribution in [3.05, 3.63) is 84.8 Å². The molecule has 0 saturated heterocycles. The van der Waals surface area contributed by atoms with Crippen LogP contribution in [0.15, 0.2) is 47.7 Å². The van der Waals surface area contributed by atoms with Gasteiger partial charge in [-0.3, -0.25) is 19.9 Å². The fraction of sp³-hybridized carbons (Fsp3) is 0.389. The Morgan fingerprint density at radius 2 is 1.76 bits per heavy atom. The number of benzene rings is 2. The van der Waals surface area contributed by atoms with Gasteiger partial charge in [0.05, 0.1) is 45.6 Å². The number of hydrogen-bond donors (Lipinski definition) is 4. The van der Waals surface area contributed by atoms with Crippen LogP contribution < -0.4 is 15.4 Å². The van der Waals surface area contributed by atoms with E-state index in [1.54, 1.807) is 25.1 Å². The van der Waals surface area contributed by atoms with Gasteiger partial charge in [0.15, 0.2) is 5.82 Å². The van der Waals surface area contributed by atoms with Crippen molar-refractivity contribution in [1.29, 1.82) is 5.41 Å². The molecule has 0 unspecified atom stereocenters. The molecule has 0 radical (unpaired) electrons. The zero-order valence-corrected chi connectivity index (χ0v) is 32.8. The molecule has 2 aromatic carbocycles. The number of pyridine rings is 1. The van der Waals surface area contributed by atoms with E-state index < -0.39 is 85.3 Å². The van der Waals surface area contributed by atoms with E-state index in [2.05, 4.69) is 20.5 Å². The standard InChI is InChI=1S/C36H33ClF8IN7OS/c1-16-24(46)13-22(20-3-4-23(37)28-31(20)53(15-26(40)41)51-34(28)52-55-35(2)7-8-35)30(49-16)25(11-17-9-18(38)12-19(39)10-17)50-27(54)14-48-32-21(29(47)33(42)43)5-6-36(32,44)45/h3-4,9-10,12-13,25-26,33,47-48H,5-8,11,14-15H2,1-2H3,(H,50,54)(H,51,52)/t25-/m0/s1. The van der Waals surface area contributed by atoms with Crippen LogP contribution in [-0.2, 0) is 17.8 Å². The third kappa shape index (κ3) is 9.16. The van der Waals surface area contributed by atoms with Gasteiger partial charge in [0.25, 0.3) is 18.8 Å². The second-order valence-corrected chi connectivity index (χ2v) is 16.6. The van der Waals surface area contributed by atoms with E-state index in [0.717, 1.165) is 29.7 Å². The SMILES string of the molecule is Cc1nc([C@H](Cc2cc(F)cc(F)c2)NC(=O)CNC2=C(C(=N)C(F)F)CCC2(F)F)c(-c2ccc(Cl)c3c(NSC4(C)CC4)nn(CC(F)F)c23)cc1I. The molecule has 2 aliphatic carbocycles. The molecule has 2 aliphatic rings. The number of aromatic nitrogens is 3. The van der Waals surface area contributed by atoms with Crippen molar-refractivity contribution in [3.63, 3.8) is 0 Å². The van der Waals surface area contributed by atoms with Crippen LogP contribution in [0.25, 0.3) is 22.0 Å². The molecule has 1 saturated carbocycles. The van der Waals surface area contributed by atoms with Crippen molar-refractivity contribution in [2.24, 2.45) is 0 Å². The summed E-state index contributed by atoms with van der Waals surface area (Å²) in [6.07, 6.45) is -5.88. The van der Waals surface area contributed by atoms with Crippen molar-refractivity contribution >= 4 is 74.5 Å². The van der Waals surface area contributed by atoms with E-state index in [1.807, 2.05) is 29.5 Å². The summed E-state index contributed by atoms with van der Waals surface area (Å²) in [5.74, 6) is -6.11. The quantitative estimate of drug-likeness (QED) is 0.0410. The number of halogens is 10. The molecule has 2 aromatic heterocycles. The molecule has 0 bridgehead atoms. The molecule has 1 amide bonds. The van der Waals surface area contributed by atoms with Crippen molar-refractivity contribution < 1.29 is 39.9 Å². The van der Waals surface area contributed by atoms with E-state index in [4.69, 9.17) is 22.0 Å². The number of rotatable bonds is 15. The second-order valence-electron chi connectivity index (χ2n) is 13.6. The van der Waals surface area contributed by atoms with E-state index in [-0.39, 0.29) is 38.8 Å². The van der Waals surface area contributed by atoms with Gasteiger partial charge >= 0.3 is 0 Å². The maximum absolute atomic E-state index is 14.8. The Balaban J connectivity index is 1.45. The second kappa shape index (κ2) is 16.1. The summed E-state index contributed by atoms with van der Waals surface area (Å²) in [5.41, 5.74) is -1.30. The zero-order valence-electron chi connectivity index (χ0n) is 29.1. The number of amides is 1. The highest BCUT2D eigenvalue weighted by Gasteiger charge is 2.44. The largest absolute Gasteiger partial charge is 0.374 e. The van der Waals surface area contributed by atoms with Crippen molar-refractivity contribution in [1.82, 2.24) is 25.4 Å². The van der Waals surface area contributed by atoms with Crippen LogP contribution in [0.2, 0.25) is 5.02 Å². The van der Waals surface area contributed by atoms with Crippen LogP contribution in [0.1, 0.15) is 55.6 Å². The molecule has 6 rings (SSSR count). The van der Waals surface area contributed by atoms with Gasteiger partial charge in [-0.2, -0.15) is 13.9 Å². The van der Waals surface area contributed by atoms with Crippen molar-refractivity contribution in [3.8, 4) is 11.1 Å². The lowest BCUT2D eigenvalue weighted by Gasteiger charge is -2.24. The molecule has 4 N–H and O–H groups in total. The molecule has 4 aromatic rings. The molecular weight excluding hydrogens is 893 g/mol. The number of hydrogen-bond acceptors (Lipinski definition) is 7. The lowest BCUT2D eigenvalue weighted by atomic mass is 9.93. The normalized spacial score (nSPS) is 16.6. The predicted octanol–water partition coefficient (Wildman–Crippen LogP) is 9.78. The number of alkyl halides is 6. The van der Waals surface area contributed by atoms with Crippen molar-refractivity contribution in [2.45, 2.75) is 82.1 Å². The minimum absolute atomic E-state index is 0.0693. The number of allylic oxidation sites excluding steroid dienone is 2. The third-order valence-corrected chi connectivity index (χ3v) is 11.9. The molecule has 1 fully saturated rings. The summed E-state index contributed by atoms with van der Waals surface area (Å²) in [4.78, 5) is 18.3. The third-order valence-electron chi connectivity index (χ3n) is 9.33. The monoisotopic (exact) mass is 925 g/mol. The lowest BCUT2D eigenvalue weighted by molar-refractivity contribution is -0.121. The molecule has 55 heavy (non-hydrogen) atoms. The predicted molar refractivity (Wildman–Crippen MR) is 204 cm³/mol. The Kier molecular flexibility index (Phi) is 12.0. The Morgan fingerprint density at radius 1 is 1.07 bits per heavy atom. The molecule has 0 aliphatic heterocycles. The highest BCUT2D eigenvalue weighted by molar-refractivity contribution is 14.1. The molecule has 19 heteroatoms. The maximum atomic E-state index is 14.8. The molecule has 294 valence electrons. The topological polar surface area (TPSA) is 108 Å². The first-order chi connectivity index (χ1) is 25.9. The van der Waals surface area contributed by atoms with Crippen LogP contribution in [0.5, 0.6) is 0 Å². The number of anilines is 1. The molecule has 0 spiro atoms. The minimum Gasteiger partial charge on any atom is -0.374 e. The number of nitrogens with one attached hydrogen (secondary N) is 4. The fourth-order valence-electron chi connectivity index (χ4n) is 6.35. The summed E-state index contributed by atoms with van der Waals surface area (Å²) in [5, 5.41) is 17.6. The van der Waals surface area contributed by atoms with Crippen LogP contribution in [-0.4, -0.2) is 56.4 Å². The van der Waals surface area contributed by atoms with Gasteiger partial charge in [0, 0.05) is 37.5 Å². The van der Waals surface area contributed by atoms with E-state index >= 15 is 0 Å². The Labute approximate surface area is 333 Å². The molecule has 1 atom stereocenters. The average Bonchev–Trinajstić information content (AvgIpc) is 3.60. The first-order valence-corrected chi connectivity index (χ1v) is 19.2. The number of aryl methyl sites for hydroxylation is 1. The zero-order chi connectivity index (χ0) is 40.0. The molecule has 2 heterocycles. The van der Waals surface area contributed by atoms with E-state index in [9.17, 15) is 39.9 Å². The summed E-state index contributed by atoms with van der Waals surface area (Å²) in [6.45, 7) is 2.05. The number of carbonyl (C=O) groups excluding carboxylic acids is 1. The summed E-state index contributed by atoms with van der Waals surface area (Å²) < 4.78 is 118. The Hall–Kier alpha value is -3.65. The summed E-state index contributed by atoms with van der Waals surface area (Å²) in [7, 11) is 0. The first kappa shape index (κ1) is 41.0. The van der Waals surface area contributed by atoms with Gasteiger partial charge in [0.2, 0.25) is 5.91 Å². The lowest BCUT2D eigenvalue weighted by Crippen LogP contribution is -2.40. The molecule has 8 nitrogen and oxygen atoms in total. The van der Waals surface area contributed by atoms with E-state index in [1.165, 1.54) is 11.9 Å². The van der Waals surface area contributed by atoms with Crippen LogP contribution >= 0.6 is 46.1 Å². The Morgan fingerprint density at radius 3 is 2.40 bits per heavy atom. The first-order valence-electron chi connectivity index (χ1n) is 16.9. The maximum Gasteiger partial charge on any atom is 0.287 e. The summed E-state index contributed by atoms with van der Waals surface area (Å²) in [6, 6.07) is 6.35. The van der Waals surface area contributed by atoms with Crippen molar-refractivity contribution in [2.75, 3.05) is 11.3 Å². The minimum atomic E-state index is -3.61. The number of nitrogens with zero attached hydrogens (tertiary/aromatic N) is 3. The number of carbonyl (C=O) groups is 1. The van der Waals surface area contributed by atoms with Crippen LogP contribution in [0, 0.1) is 27.5 Å². The highest BCUT2D eigenvalue weighted by Crippen LogP contribution is 2.49. The van der Waals surface area contributed by atoms with Gasteiger partial charge in [-0.25, -0.2) is 26.3 Å². The van der Waals surface area contributed by atoms with Crippen LogP contribution in [0.3, 0.4) is 0 Å². The van der Waals surface area contributed by atoms with Gasteiger partial charge < -0.3 is 15.4 Å². The van der Waals surface area contributed by atoms with Gasteiger partial charge in [-0.1, -0.05) is 17.7 Å².